The van der Waals surface area contributed by atoms with Crippen LogP contribution in [0.1, 0.15) is 152 Å². The minimum absolute atomic E-state index is 0.134. The van der Waals surface area contributed by atoms with Crippen LogP contribution in [0.2, 0.25) is 0 Å². The quantitative estimate of drug-likeness (QED) is 0.335. The van der Waals surface area contributed by atoms with Crippen LogP contribution in [0.3, 0.4) is 0 Å². The lowest BCUT2D eigenvalue weighted by atomic mass is 9.47. The number of allylic oxidation sites excluding steroid dienone is 4. The molecule has 0 spiro atoms. The molecule has 4 bridgehead atoms. The Morgan fingerprint density at radius 1 is 0.705 bits per heavy atom. The maximum absolute atomic E-state index is 2.87. The van der Waals surface area contributed by atoms with Gasteiger partial charge in [-0.25, -0.2) is 0 Å². The molecule has 0 amide bonds. The predicted octanol–water partition coefficient (Wildman–Crippen LogP) is 12.3. The SMILES string of the molecule is Cc1cc2c(cc1C(C)(C)C)-c1cc(C(C)(C)C)c(C)cc1C2C1(C(C)C)CCC2=C1C=C(C13CC4CC(CC(C4)C1)C3)C2. The highest BCUT2D eigenvalue weighted by Crippen LogP contribution is 2.69. The molecule has 0 heterocycles. The fraction of sp³-hybridized carbons (Fsp3) is 0.636. The van der Waals surface area contributed by atoms with E-state index >= 15 is 0 Å². The van der Waals surface area contributed by atoms with Crippen LogP contribution in [-0.2, 0) is 10.8 Å². The molecule has 0 aromatic heterocycles. The first-order chi connectivity index (χ1) is 20.6. The molecule has 234 valence electrons. The highest BCUT2D eigenvalue weighted by Gasteiger charge is 2.57. The molecule has 7 aliphatic rings. The van der Waals surface area contributed by atoms with E-state index in [-0.39, 0.29) is 16.2 Å². The Morgan fingerprint density at radius 2 is 1.18 bits per heavy atom. The van der Waals surface area contributed by atoms with E-state index in [1.165, 1.54) is 91.2 Å². The standard InChI is InChI=1S/C44H58/c1-25(2)44(12-11-31-18-32(19-39(31)44)43-22-28-15-29(23-43)17-30(16-28)24-43)40-35-13-26(3)37(41(5,6)7)20-33(35)34-21-38(42(8,9)10)27(4)14-36(34)40/h13-14,19-21,25,28-30,40H,11-12,15-18,22-24H2,1-10H3. The fourth-order valence-corrected chi connectivity index (χ4v) is 12.7. The van der Waals surface area contributed by atoms with Crippen LogP contribution in [0.5, 0.6) is 0 Å². The molecule has 4 saturated carbocycles. The van der Waals surface area contributed by atoms with Crippen LogP contribution in [0.4, 0.5) is 0 Å². The first-order valence-corrected chi connectivity index (χ1v) is 18.3. The van der Waals surface area contributed by atoms with Crippen molar-refractivity contribution in [2.24, 2.45) is 34.5 Å². The molecular weight excluding hydrogens is 528 g/mol. The summed E-state index contributed by atoms with van der Waals surface area (Å²) in [6.07, 6.45) is 15.9. The molecule has 7 aliphatic carbocycles. The molecule has 0 nitrogen and oxygen atoms in total. The van der Waals surface area contributed by atoms with Crippen molar-refractivity contribution in [1.82, 2.24) is 0 Å². The van der Waals surface area contributed by atoms with Gasteiger partial charge in [0.2, 0.25) is 0 Å². The van der Waals surface area contributed by atoms with Crippen LogP contribution in [0.15, 0.2) is 47.1 Å². The Hall–Kier alpha value is -2.08. The molecule has 0 N–H and O–H groups in total. The van der Waals surface area contributed by atoms with Crippen molar-refractivity contribution in [1.29, 1.82) is 0 Å². The summed E-state index contributed by atoms with van der Waals surface area (Å²) in [5, 5.41) is 0. The number of hydrogen-bond acceptors (Lipinski definition) is 0. The van der Waals surface area contributed by atoms with Crippen LogP contribution >= 0.6 is 0 Å². The van der Waals surface area contributed by atoms with Crippen molar-refractivity contribution in [3.63, 3.8) is 0 Å². The summed E-state index contributed by atoms with van der Waals surface area (Å²) >= 11 is 0. The van der Waals surface area contributed by atoms with E-state index in [1.54, 1.807) is 16.7 Å². The van der Waals surface area contributed by atoms with Crippen LogP contribution < -0.4 is 0 Å². The van der Waals surface area contributed by atoms with Gasteiger partial charge in [0.05, 0.1) is 0 Å². The molecule has 1 atom stereocenters. The summed E-state index contributed by atoms with van der Waals surface area (Å²) in [6.45, 7) is 24.3. The Bertz CT molecular complexity index is 1520. The maximum Gasteiger partial charge on any atom is 0.0201 e. The van der Waals surface area contributed by atoms with E-state index in [4.69, 9.17) is 0 Å². The van der Waals surface area contributed by atoms with Gasteiger partial charge in [0.1, 0.15) is 0 Å². The highest BCUT2D eigenvalue weighted by atomic mass is 14.6. The van der Waals surface area contributed by atoms with Gasteiger partial charge in [-0.1, -0.05) is 96.9 Å². The predicted molar refractivity (Wildman–Crippen MR) is 187 cm³/mol. The van der Waals surface area contributed by atoms with Gasteiger partial charge in [-0.15, -0.1) is 0 Å². The first kappa shape index (κ1) is 29.3. The van der Waals surface area contributed by atoms with Crippen molar-refractivity contribution >= 4 is 0 Å². The Labute approximate surface area is 269 Å². The largest absolute Gasteiger partial charge is 0.0623 e. The molecule has 2 aromatic carbocycles. The highest BCUT2D eigenvalue weighted by molar-refractivity contribution is 5.83. The number of benzene rings is 2. The van der Waals surface area contributed by atoms with Gasteiger partial charge < -0.3 is 0 Å². The second-order valence-corrected chi connectivity index (χ2v) is 19.2. The van der Waals surface area contributed by atoms with Crippen molar-refractivity contribution in [2.75, 3.05) is 0 Å². The van der Waals surface area contributed by atoms with Crippen molar-refractivity contribution in [3.05, 3.63) is 80.4 Å². The minimum atomic E-state index is 0.134. The van der Waals surface area contributed by atoms with E-state index in [2.05, 4.69) is 99.6 Å². The Morgan fingerprint density at radius 3 is 1.61 bits per heavy atom. The zero-order chi connectivity index (χ0) is 31.1. The zero-order valence-electron chi connectivity index (χ0n) is 29.6. The first-order valence-electron chi connectivity index (χ1n) is 18.3. The smallest absolute Gasteiger partial charge is 0.0201 e. The van der Waals surface area contributed by atoms with Gasteiger partial charge in [-0.05, 0) is 162 Å². The molecule has 0 radical (unpaired) electrons. The van der Waals surface area contributed by atoms with E-state index in [0.29, 0.717) is 17.3 Å². The van der Waals surface area contributed by atoms with Gasteiger partial charge in [-0.2, -0.15) is 0 Å². The minimum Gasteiger partial charge on any atom is -0.0623 e. The number of hydrogen-bond donors (Lipinski definition) is 0. The summed E-state index contributed by atoms with van der Waals surface area (Å²) < 4.78 is 0. The third kappa shape index (κ3) is 4.00. The molecule has 0 saturated heterocycles. The monoisotopic (exact) mass is 586 g/mol. The average Bonchev–Trinajstić information content (AvgIpc) is 3.56. The summed E-state index contributed by atoms with van der Waals surface area (Å²) in [6, 6.07) is 10.5. The number of rotatable bonds is 3. The molecular formula is C44H58. The topological polar surface area (TPSA) is 0 Å². The number of aryl methyl sites for hydroxylation is 2. The van der Waals surface area contributed by atoms with E-state index in [9.17, 15) is 0 Å². The average molecular weight is 587 g/mol. The lowest BCUT2D eigenvalue weighted by Gasteiger charge is -2.57. The summed E-state index contributed by atoms with van der Waals surface area (Å²) in [7, 11) is 0. The van der Waals surface area contributed by atoms with E-state index in [1.807, 2.05) is 11.1 Å². The van der Waals surface area contributed by atoms with Gasteiger partial charge >= 0.3 is 0 Å². The fourth-order valence-electron chi connectivity index (χ4n) is 12.7. The van der Waals surface area contributed by atoms with Crippen LogP contribution in [0, 0.1) is 48.3 Å². The van der Waals surface area contributed by atoms with E-state index in [0.717, 1.165) is 17.8 Å². The third-order valence-corrected chi connectivity index (χ3v) is 14.0. The van der Waals surface area contributed by atoms with Crippen LogP contribution in [0.25, 0.3) is 11.1 Å². The molecule has 44 heavy (non-hydrogen) atoms. The molecule has 0 aliphatic heterocycles. The normalized spacial score (nSPS) is 32.5. The third-order valence-electron chi connectivity index (χ3n) is 14.0. The Kier molecular flexibility index (Phi) is 6.17. The summed E-state index contributed by atoms with van der Waals surface area (Å²) in [5.74, 6) is 4.08. The number of fused-ring (bicyclic) bond motifs is 3. The zero-order valence-corrected chi connectivity index (χ0v) is 29.6. The lowest BCUT2D eigenvalue weighted by Crippen LogP contribution is -2.46. The van der Waals surface area contributed by atoms with Crippen molar-refractivity contribution in [2.45, 2.75) is 144 Å². The van der Waals surface area contributed by atoms with Crippen LogP contribution in [-0.4, -0.2) is 0 Å². The second-order valence-electron chi connectivity index (χ2n) is 19.2. The lowest BCUT2D eigenvalue weighted by molar-refractivity contribution is -0.0314. The molecule has 4 fully saturated rings. The molecule has 9 rings (SSSR count). The van der Waals surface area contributed by atoms with Gasteiger partial charge in [0.15, 0.2) is 0 Å². The molecule has 0 heteroatoms. The molecule has 2 aromatic rings. The van der Waals surface area contributed by atoms with E-state index < -0.39 is 0 Å². The summed E-state index contributed by atoms with van der Waals surface area (Å²) in [5.41, 5.74) is 18.7. The summed E-state index contributed by atoms with van der Waals surface area (Å²) in [4.78, 5) is 0. The van der Waals surface area contributed by atoms with Gasteiger partial charge in [-0.3, -0.25) is 0 Å². The molecule has 1 unspecified atom stereocenters. The van der Waals surface area contributed by atoms with Gasteiger partial charge in [0.25, 0.3) is 0 Å². The van der Waals surface area contributed by atoms with Gasteiger partial charge in [0, 0.05) is 11.3 Å². The Balaban J connectivity index is 1.31. The maximum atomic E-state index is 2.87. The second kappa shape index (κ2) is 9.26. The van der Waals surface area contributed by atoms with Crippen molar-refractivity contribution < 1.29 is 0 Å². The van der Waals surface area contributed by atoms with Crippen molar-refractivity contribution in [3.8, 4) is 11.1 Å².